The normalized spacial score (nSPS) is 15.0. The number of morpholine rings is 1. The van der Waals surface area contributed by atoms with Gasteiger partial charge in [0.25, 0.3) is 0 Å². The Hall–Kier alpha value is -1.25. The van der Waals surface area contributed by atoms with Gasteiger partial charge in [-0.2, -0.15) is 0 Å². The predicted octanol–water partition coefficient (Wildman–Crippen LogP) is 2.04. The van der Waals surface area contributed by atoms with Crippen molar-refractivity contribution in [3.8, 4) is 11.5 Å². The van der Waals surface area contributed by atoms with E-state index in [2.05, 4.69) is 15.5 Å². The third-order valence-electron chi connectivity index (χ3n) is 4.60. The number of hydrogen-bond donors (Lipinski definition) is 2. The van der Waals surface area contributed by atoms with Crippen LogP contribution < -0.4 is 20.1 Å². The van der Waals surface area contributed by atoms with Gasteiger partial charge >= 0.3 is 0 Å². The lowest BCUT2D eigenvalue weighted by molar-refractivity contribution is -0.121. The zero-order valence-corrected chi connectivity index (χ0v) is 18.5. The molecule has 1 aliphatic rings. The summed E-state index contributed by atoms with van der Waals surface area (Å²) in [5.74, 6) is 1.48. The van der Waals surface area contributed by atoms with E-state index in [1.807, 2.05) is 25.2 Å². The van der Waals surface area contributed by atoms with Crippen molar-refractivity contribution in [2.24, 2.45) is 0 Å². The predicted molar refractivity (Wildman–Crippen MR) is 115 cm³/mol. The molecule has 7 nitrogen and oxygen atoms in total. The van der Waals surface area contributed by atoms with Gasteiger partial charge in [-0.05, 0) is 37.7 Å². The third-order valence-corrected chi connectivity index (χ3v) is 4.60. The molecule has 28 heavy (non-hydrogen) atoms. The second-order valence-corrected chi connectivity index (χ2v) is 6.29. The molecule has 1 atom stereocenters. The number of nitrogens with one attached hydrogen (secondary N) is 2. The third kappa shape index (κ3) is 8.01. The maximum atomic E-state index is 12.1. The molecule has 2 rings (SSSR count). The van der Waals surface area contributed by atoms with E-state index in [0.29, 0.717) is 37.7 Å². The summed E-state index contributed by atoms with van der Waals surface area (Å²) in [4.78, 5) is 14.5. The van der Waals surface area contributed by atoms with Crippen molar-refractivity contribution in [1.82, 2.24) is 15.5 Å². The summed E-state index contributed by atoms with van der Waals surface area (Å²) in [5.41, 5.74) is 1.10. The standard InChI is InChI=1S/C19H31N3O4.2ClH/c1-20-8-4-5-19(23)21-14-16(22-9-11-26-12-10-22)15-6-7-17(24-2)18(13-15)25-3;;/h6-7,13,16,20H,4-5,8-12,14H2,1-3H3,(H,21,23);2*1H. The Morgan fingerprint density at radius 1 is 1.18 bits per heavy atom. The van der Waals surface area contributed by atoms with Crippen LogP contribution in [0.1, 0.15) is 24.4 Å². The number of carbonyl (C=O) groups excluding carboxylic acids is 1. The first-order valence-electron chi connectivity index (χ1n) is 9.14. The van der Waals surface area contributed by atoms with Crippen molar-refractivity contribution in [3.63, 3.8) is 0 Å². The van der Waals surface area contributed by atoms with E-state index in [0.717, 1.165) is 31.6 Å². The Morgan fingerprint density at radius 3 is 2.46 bits per heavy atom. The van der Waals surface area contributed by atoms with Crippen LogP contribution in [0.4, 0.5) is 0 Å². The molecule has 1 aromatic rings. The largest absolute Gasteiger partial charge is 0.493 e. The fourth-order valence-corrected chi connectivity index (χ4v) is 3.13. The maximum Gasteiger partial charge on any atom is 0.220 e. The molecular weight excluding hydrogens is 405 g/mol. The Bertz CT molecular complexity index is 572. The Kier molecular flexibility index (Phi) is 14.0. The average molecular weight is 438 g/mol. The highest BCUT2D eigenvalue weighted by Crippen LogP contribution is 2.32. The van der Waals surface area contributed by atoms with E-state index in [9.17, 15) is 4.79 Å². The average Bonchev–Trinajstić information content (AvgIpc) is 2.69. The summed E-state index contributed by atoms with van der Waals surface area (Å²) in [5, 5.41) is 6.14. The fraction of sp³-hybridized carbons (Fsp3) is 0.632. The number of ether oxygens (including phenoxy) is 3. The van der Waals surface area contributed by atoms with Gasteiger partial charge in [-0.3, -0.25) is 9.69 Å². The highest BCUT2D eigenvalue weighted by Gasteiger charge is 2.24. The first-order valence-corrected chi connectivity index (χ1v) is 9.14. The molecule has 1 fully saturated rings. The summed E-state index contributed by atoms with van der Waals surface area (Å²) in [7, 11) is 5.15. The summed E-state index contributed by atoms with van der Waals surface area (Å²) in [6.45, 7) is 4.51. The molecule has 9 heteroatoms. The topological polar surface area (TPSA) is 72.1 Å². The number of methoxy groups -OCH3 is 2. The number of rotatable bonds is 10. The number of amides is 1. The quantitative estimate of drug-likeness (QED) is 0.545. The summed E-state index contributed by atoms with van der Waals surface area (Å²) < 4.78 is 16.3. The molecule has 1 aromatic carbocycles. The van der Waals surface area contributed by atoms with Gasteiger partial charge in [-0.15, -0.1) is 24.8 Å². The van der Waals surface area contributed by atoms with Gasteiger partial charge in [0.05, 0.1) is 33.5 Å². The molecule has 162 valence electrons. The van der Waals surface area contributed by atoms with Crippen LogP contribution in [0, 0.1) is 0 Å². The van der Waals surface area contributed by atoms with E-state index in [1.165, 1.54) is 0 Å². The van der Waals surface area contributed by atoms with Gasteiger partial charge in [-0.25, -0.2) is 0 Å². The molecule has 0 saturated carbocycles. The van der Waals surface area contributed by atoms with Crippen molar-refractivity contribution in [2.45, 2.75) is 18.9 Å². The molecule has 0 aliphatic carbocycles. The van der Waals surface area contributed by atoms with Crippen molar-refractivity contribution in [1.29, 1.82) is 0 Å². The van der Waals surface area contributed by atoms with Crippen LogP contribution in [0.3, 0.4) is 0 Å². The van der Waals surface area contributed by atoms with E-state index in [1.54, 1.807) is 14.2 Å². The van der Waals surface area contributed by atoms with Gasteiger partial charge in [0.1, 0.15) is 0 Å². The van der Waals surface area contributed by atoms with Gasteiger partial charge in [0, 0.05) is 26.1 Å². The molecule has 1 saturated heterocycles. The SMILES string of the molecule is CNCCCC(=O)NCC(c1ccc(OC)c(OC)c1)N1CCOCC1.Cl.Cl. The van der Waals surface area contributed by atoms with Crippen LogP contribution in [0.5, 0.6) is 11.5 Å². The highest BCUT2D eigenvalue weighted by atomic mass is 35.5. The first kappa shape index (κ1) is 26.8. The Morgan fingerprint density at radius 2 is 1.86 bits per heavy atom. The molecule has 0 spiro atoms. The summed E-state index contributed by atoms with van der Waals surface area (Å²) in [6, 6.07) is 6.02. The molecule has 1 aliphatic heterocycles. The van der Waals surface area contributed by atoms with Gasteiger partial charge in [-0.1, -0.05) is 6.07 Å². The number of halogens is 2. The van der Waals surface area contributed by atoms with Crippen LogP contribution >= 0.6 is 24.8 Å². The minimum Gasteiger partial charge on any atom is -0.493 e. The lowest BCUT2D eigenvalue weighted by Crippen LogP contribution is -2.43. The lowest BCUT2D eigenvalue weighted by atomic mass is 10.0. The first-order chi connectivity index (χ1) is 12.7. The second kappa shape index (κ2) is 14.7. The van der Waals surface area contributed by atoms with E-state index in [4.69, 9.17) is 14.2 Å². The molecular formula is C19H33Cl2N3O4. The Balaban J connectivity index is 0.00000364. The van der Waals surface area contributed by atoms with Crippen molar-refractivity contribution < 1.29 is 19.0 Å². The van der Waals surface area contributed by atoms with Crippen LogP contribution in [0.25, 0.3) is 0 Å². The fourth-order valence-electron chi connectivity index (χ4n) is 3.13. The van der Waals surface area contributed by atoms with Crippen molar-refractivity contribution in [3.05, 3.63) is 23.8 Å². The molecule has 1 unspecified atom stereocenters. The van der Waals surface area contributed by atoms with E-state index < -0.39 is 0 Å². The number of carbonyl (C=O) groups is 1. The summed E-state index contributed by atoms with van der Waals surface area (Å²) in [6.07, 6.45) is 1.36. The van der Waals surface area contributed by atoms with Crippen molar-refractivity contribution >= 4 is 30.7 Å². The molecule has 2 N–H and O–H groups in total. The van der Waals surface area contributed by atoms with Crippen LogP contribution in [-0.4, -0.2) is 71.5 Å². The van der Waals surface area contributed by atoms with Gasteiger partial charge in [0.15, 0.2) is 11.5 Å². The van der Waals surface area contributed by atoms with Gasteiger partial charge in [0.2, 0.25) is 5.91 Å². The maximum absolute atomic E-state index is 12.1. The van der Waals surface area contributed by atoms with E-state index >= 15 is 0 Å². The summed E-state index contributed by atoms with van der Waals surface area (Å²) >= 11 is 0. The Labute approximate surface area is 180 Å². The van der Waals surface area contributed by atoms with Gasteiger partial charge < -0.3 is 24.8 Å². The molecule has 1 amide bonds. The molecule has 1 heterocycles. The molecule has 0 bridgehead atoms. The monoisotopic (exact) mass is 437 g/mol. The van der Waals surface area contributed by atoms with Crippen LogP contribution in [-0.2, 0) is 9.53 Å². The minimum atomic E-state index is 0. The van der Waals surface area contributed by atoms with Crippen LogP contribution in [0.2, 0.25) is 0 Å². The zero-order chi connectivity index (χ0) is 18.8. The van der Waals surface area contributed by atoms with Crippen molar-refractivity contribution in [2.75, 3.05) is 60.7 Å². The molecule has 0 radical (unpaired) electrons. The molecule has 0 aromatic heterocycles. The number of hydrogen-bond acceptors (Lipinski definition) is 6. The number of nitrogens with zero attached hydrogens (tertiary/aromatic N) is 1. The highest BCUT2D eigenvalue weighted by molar-refractivity contribution is 5.85. The minimum absolute atomic E-state index is 0. The number of benzene rings is 1. The lowest BCUT2D eigenvalue weighted by Gasteiger charge is -2.35. The van der Waals surface area contributed by atoms with E-state index in [-0.39, 0.29) is 36.8 Å². The zero-order valence-electron chi connectivity index (χ0n) is 16.9. The van der Waals surface area contributed by atoms with Crippen LogP contribution in [0.15, 0.2) is 18.2 Å². The smallest absolute Gasteiger partial charge is 0.220 e. The second-order valence-electron chi connectivity index (χ2n) is 6.29.